The number of imidazole rings is 1. The van der Waals surface area contributed by atoms with Crippen molar-refractivity contribution < 1.29 is 19.4 Å². The minimum Gasteiger partial charge on any atom is -0.481 e. The highest BCUT2D eigenvalue weighted by atomic mass is 16.5. The molecule has 0 spiro atoms. The molecule has 0 unspecified atom stereocenters. The zero-order chi connectivity index (χ0) is 24.4. The Hall–Kier alpha value is -3.35. The van der Waals surface area contributed by atoms with E-state index < -0.39 is 5.97 Å². The molecule has 2 heterocycles. The van der Waals surface area contributed by atoms with Crippen LogP contribution in [0, 0.1) is 0 Å². The van der Waals surface area contributed by atoms with Gasteiger partial charge < -0.3 is 19.3 Å². The van der Waals surface area contributed by atoms with E-state index >= 15 is 0 Å². The van der Waals surface area contributed by atoms with Crippen LogP contribution in [0.5, 0.6) is 0 Å². The molecule has 5 rings (SSSR count). The Bertz CT molecular complexity index is 1210. The zero-order valence-corrected chi connectivity index (χ0v) is 20.3. The Morgan fingerprint density at radius 1 is 1.11 bits per heavy atom. The highest BCUT2D eigenvalue weighted by Crippen LogP contribution is 2.37. The highest BCUT2D eigenvalue weighted by Gasteiger charge is 2.29. The lowest BCUT2D eigenvalue weighted by molar-refractivity contribution is -0.137. The number of methoxy groups -OCH3 is 1. The first-order chi connectivity index (χ1) is 17.0. The summed E-state index contributed by atoms with van der Waals surface area (Å²) >= 11 is 0. The number of fused-ring (bicyclic) bond motifs is 3. The number of carbonyl (C=O) groups is 2. The summed E-state index contributed by atoms with van der Waals surface area (Å²) in [5, 5.41) is 9.69. The molecular weight excluding hydrogens is 442 g/mol. The Morgan fingerprint density at radius 3 is 2.60 bits per heavy atom. The molecule has 1 aliphatic carbocycles. The highest BCUT2D eigenvalue weighted by molar-refractivity contribution is 5.82. The molecule has 1 fully saturated rings. The molecule has 1 atom stereocenters. The fraction of sp³-hybridized carbons (Fsp3) is 0.464. The summed E-state index contributed by atoms with van der Waals surface area (Å²) in [5.41, 5.74) is 5.31. The number of aromatic nitrogens is 2. The first-order valence-electron chi connectivity index (χ1n) is 12.7. The molecule has 2 aliphatic rings. The molecule has 1 saturated carbocycles. The van der Waals surface area contributed by atoms with Gasteiger partial charge in [-0.15, -0.1) is 0 Å². The first kappa shape index (κ1) is 23.4. The summed E-state index contributed by atoms with van der Waals surface area (Å²) < 4.78 is 7.27. The number of ether oxygens (including phenoxy) is 1. The van der Waals surface area contributed by atoms with Crippen LogP contribution in [0.2, 0.25) is 0 Å². The summed E-state index contributed by atoms with van der Waals surface area (Å²) in [5.74, 6) is 0.479. The van der Waals surface area contributed by atoms with Crippen molar-refractivity contribution in [3.8, 4) is 0 Å². The third kappa shape index (κ3) is 4.77. The van der Waals surface area contributed by atoms with Gasteiger partial charge >= 0.3 is 12.1 Å². The molecule has 1 amide bonds. The normalized spacial score (nSPS) is 17.2. The third-order valence-electron chi connectivity index (χ3n) is 7.65. The topological polar surface area (TPSA) is 84.7 Å². The number of carbonyl (C=O) groups excluding carboxylic acids is 1. The molecule has 0 radical (unpaired) electrons. The Kier molecular flexibility index (Phi) is 6.75. The molecule has 7 nitrogen and oxygen atoms in total. The second-order valence-electron chi connectivity index (χ2n) is 9.83. The lowest BCUT2D eigenvalue weighted by Crippen LogP contribution is -2.35. The van der Waals surface area contributed by atoms with Crippen LogP contribution in [0.1, 0.15) is 72.9 Å². The lowest BCUT2D eigenvalue weighted by atomic mass is 9.88. The standard InChI is InChI=1S/C28H33N3O4/c1-35-28(34)30-15-14-20-12-13-24-26(23(20)18-30)29-27(21-10-6-3-7-11-21)31(24)17-22(16-25(32)33)19-8-4-2-5-9-19/h2,4-5,8-9,12-13,21-22H,3,6-7,10-11,14-18H2,1H3,(H,32,33)/t22-/m0/s1. The van der Waals surface area contributed by atoms with Crippen LogP contribution in [0.25, 0.3) is 11.0 Å². The predicted octanol–water partition coefficient (Wildman–Crippen LogP) is 5.47. The van der Waals surface area contributed by atoms with E-state index in [4.69, 9.17) is 9.72 Å². The number of aliphatic carboxylic acids is 1. The van der Waals surface area contributed by atoms with Gasteiger partial charge in [0, 0.05) is 30.5 Å². The molecule has 1 aliphatic heterocycles. The molecule has 0 bridgehead atoms. The maximum Gasteiger partial charge on any atom is 0.409 e. The van der Waals surface area contributed by atoms with Crippen LogP contribution < -0.4 is 0 Å². The monoisotopic (exact) mass is 475 g/mol. The quantitative estimate of drug-likeness (QED) is 0.511. The van der Waals surface area contributed by atoms with E-state index in [-0.39, 0.29) is 18.4 Å². The molecule has 184 valence electrons. The summed E-state index contributed by atoms with van der Waals surface area (Å²) in [6.07, 6.45) is 6.38. The smallest absolute Gasteiger partial charge is 0.409 e. The van der Waals surface area contributed by atoms with Crippen molar-refractivity contribution in [2.24, 2.45) is 0 Å². The Labute approximate surface area is 205 Å². The van der Waals surface area contributed by atoms with Gasteiger partial charge in [0.05, 0.1) is 31.1 Å². The van der Waals surface area contributed by atoms with Gasteiger partial charge in [-0.25, -0.2) is 9.78 Å². The molecule has 0 saturated heterocycles. The van der Waals surface area contributed by atoms with Crippen LogP contribution >= 0.6 is 0 Å². The fourth-order valence-electron chi connectivity index (χ4n) is 5.84. The van der Waals surface area contributed by atoms with Crippen LogP contribution in [0.4, 0.5) is 4.79 Å². The van der Waals surface area contributed by atoms with Gasteiger partial charge in [-0.05, 0) is 36.5 Å². The number of carboxylic acids is 1. The first-order valence-corrected chi connectivity index (χ1v) is 12.7. The van der Waals surface area contributed by atoms with Crippen molar-refractivity contribution >= 4 is 23.1 Å². The van der Waals surface area contributed by atoms with E-state index in [9.17, 15) is 14.7 Å². The van der Waals surface area contributed by atoms with E-state index in [2.05, 4.69) is 16.7 Å². The van der Waals surface area contributed by atoms with Crippen LogP contribution in [0.3, 0.4) is 0 Å². The van der Waals surface area contributed by atoms with Gasteiger partial charge in [0.2, 0.25) is 0 Å². The average Bonchev–Trinajstić information content (AvgIpc) is 3.27. The van der Waals surface area contributed by atoms with Gasteiger partial charge in [0.1, 0.15) is 5.82 Å². The Morgan fingerprint density at radius 2 is 1.89 bits per heavy atom. The van der Waals surface area contributed by atoms with Gasteiger partial charge in [0.25, 0.3) is 0 Å². The van der Waals surface area contributed by atoms with Gasteiger partial charge in [-0.3, -0.25) is 4.79 Å². The van der Waals surface area contributed by atoms with Gasteiger partial charge in [-0.1, -0.05) is 55.7 Å². The number of amides is 1. The molecule has 3 aromatic rings. The van der Waals surface area contributed by atoms with Crippen LogP contribution in [-0.4, -0.2) is 45.3 Å². The van der Waals surface area contributed by atoms with Gasteiger partial charge in [0.15, 0.2) is 0 Å². The van der Waals surface area contributed by atoms with E-state index in [1.54, 1.807) is 4.90 Å². The molecule has 1 N–H and O–H groups in total. The van der Waals surface area contributed by atoms with E-state index in [1.807, 2.05) is 30.3 Å². The molecule has 2 aromatic carbocycles. The van der Waals surface area contributed by atoms with Crippen molar-refractivity contribution in [3.63, 3.8) is 0 Å². The number of rotatable bonds is 6. The maximum absolute atomic E-state index is 12.3. The van der Waals surface area contributed by atoms with Crippen molar-refractivity contribution in [2.75, 3.05) is 13.7 Å². The number of carboxylic acid groups (broad SMARTS) is 1. The number of benzene rings is 2. The second-order valence-corrected chi connectivity index (χ2v) is 9.83. The molecule has 7 heteroatoms. The number of nitrogens with zero attached hydrogens (tertiary/aromatic N) is 3. The minimum absolute atomic E-state index is 0.0643. The number of hydrogen-bond donors (Lipinski definition) is 1. The van der Waals surface area contributed by atoms with Crippen LogP contribution in [-0.2, 0) is 29.0 Å². The molecular formula is C28H33N3O4. The summed E-state index contributed by atoms with van der Waals surface area (Å²) in [7, 11) is 1.42. The predicted molar refractivity (Wildman–Crippen MR) is 134 cm³/mol. The lowest BCUT2D eigenvalue weighted by Gasteiger charge is -2.27. The number of hydrogen-bond acceptors (Lipinski definition) is 4. The summed E-state index contributed by atoms with van der Waals surface area (Å²) in [6.45, 7) is 1.69. The zero-order valence-electron chi connectivity index (χ0n) is 20.3. The van der Waals surface area contributed by atoms with Crippen molar-refractivity contribution in [2.45, 2.75) is 69.9 Å². The van der Waals surface area contributed by atoms with Crippen molar-refractivity contribution in [1.82, 2.24) is 14.5 Å². The second kappa shape index (κ2) is 10.1. The molecule has 1 aromatic heterocycles. The van der Waals surface area contributed by atoms with Gasteiger partial charge in [-0.2, -0.15) is 0 Å². The fourth-order valence-corrected chi connectivity index (χ4v) is 5.84. The maximum atomic E-state index is 12.3. The van der Waals surface area contributed by atoms with Crippen molar-refractivity contribution in [3.05, 3.63) is 65.0 Å². The van der Waals surface area contributed by atoms with E-state index in [0.29, 0.717) is 25.6 Å². The molecule has 35 heavy (non-hydrogen) atoms. The largest absolute Gasteiger partial charge is 0.481 e. The third-order valence-corrected chi connectivity index (χ3v) is 7.65. The van der Waals surface area contributed by atoms with E-state index in [1.165, 1.54) is 31.9 Å². The Balaban J connectivity index is 1.61. The minimum atomic E-state index is -0.798. The van der Waals surface area contributed by atoms with Crippen LogP contribution in [0.15, 0.2) is 42.5 Å². The SMILES string of the molecule is COC(=O)N1CCc2ccc3c(nc(C4CCCCC4)n3C[C@H](CC(=O)O)c3ccccc3)c2C1. The van der Waals surface area contributed by atoms with Crippen molar-refractivity contribution in [1.29, 1.82) is 0 Å². The van der Waals surface area contributed by atoms with E-state index in [0.717, 1.165) is 47.2 Å². The average molecular weight is 476 g/mol. The summed E-state index contributed by atoms with van der Waals surface area (Å²) in [6, 6.07) is 14.2. The summed E-state index contributed by atoms with van der Waals surface area (Å²) in [4.78, 5) is 31.0.